The number of halogens is 1. The van der Waals surface area contributed by atoms with Crippen LogP contribution >= 0.6 is 11.6 Å². The average Bonchev–Trinajstić information content (AvgIpc) is 2.73. The maximum atomic E-state index is 12.1. The van der Waals surface area contributed by atoms with Gasteiger partial charge in [-0.3, -0.25) is 4.79 Å². The van der Waals surface area contributed by atoms with Crippen molar-refractivity contribution in [3.05, 3.63) is 34.5 Å². The van der Waals surface area contributed by atoms with Crippen LogP contribution in [0.15, 0.2) is 22.6 Å². The number of fused-ring (bicyclic) bond motifs is 1. The molecule has 0 fully saturated rings. The van der Waals surface area contributed by atoms with E-state index in [2.05, 4.69) is 5.32 Å². The highest BCUT2D eigenvalue weighted by Crippen LogP contribution is 2.27. The van der Waals surface area contributed by atoms with E-state index in [1.165, 1.54) is 0 Å². The highest BCUT2D eigenvalue weighted by atomic mass is 35.5. The molecule has 0 saturated heterocycles. The molecule has 0 saturated carbocycles. The van der Waals surface area contributed by atoms with Gasteiger partial charge in [0.15, 0.2) is 5.76 Å². The molecule has 1 amide bonds. The van der Waals surface area contributed by atoms with Crippen LogP contribution in [-0.2, 0) is 4.79 Å². The van der Waals surface area contributed by atoms with Crippen molar-refractivity contribution in [1.82, 2.24) is 5.32 Å². The molecule has 1 aromatic carbocycles. The fourth-order valence-electron chi connectivity index (χ4n) is 1.97. The lowest BCUT2D eigenvalue weighted by Gasteiger charge is -2.10. The molecule has 106 valence electrons. The molecule has 0 spiro atoms. The lowest BCUT2D eigenvalue weighted by atomic mass is 10.1. The van der Waals surface area contributed by atoms with Gasteiger partial charge in [-0.2, -0.15) is 0 Å². The highest BCUT2D eigenvalue weighted by Gasteiger charge is 2.23. The van der Waals surface area contributed by atoms with E-state index in [-0.39, 0.29) is 5.76 Å². The minimum absolute atomic E-state index is 0.113. The number of hydrogen-bond donors (Lipinski definition) is 2. The van der Waals surface area contributed by atoms with E-state index in [0.29, 0.717) is 22.6 Å². The Balaban J connectivity index is 2.35. The predicted molar refractivity (Wildman–Crippen MR) is 75.1 cm³/mol. The minimum Gasteiger partial charge on any atom is -0.480 e. The van der Waals surface area contributed by atoms with Gasteiger partial charge in [0.1, 0.15) is 11.6 Å². The van der Waals surface area contributed by atoms with Crippen LogP contribution in [0.5, 0.6) is 0 Å². The topological polar surface area (TPSA) is 79.5 Å². The van der Waals surface area contributed by atoms with Crippen molar-refractivity contribution >= 4 is 34.4 Å². The smallest absolute Gasteiger partial charge is 0.326 e. The molecule has 5 nitrogen and oxygen atoms in total. The number of nitrogens with one attached hydrogen (secondary N) is 1. The third-order valence-corrected chi connectivity index (χ3v) is 3.35. The number of hydrogen-bond acceptors (Lipinski definition) is 3. The number of carboxylic acid groups (broad SMARTS) is 1. The molecular formula is C14H14ClNO4. The van der Waals surface area contributed by atoms with Gasteiger partial charge in [0.25, 0.3) is 5.91 Å². The van der Waals surface area contributed by atoms with Gasteiger partial charge in [-0.25, -0.2) is 4.79 Å². The Hall–Kier alpha value is -2.01. The van der Waals surface area contributed by atoms with Crippen molar-refractivity contribution < 1.29 is 19.1 Å². The summed E-state index contributed by atoms with van der Waals surface area (Å²) in [5, 5.41) is 12.7. The van der Waals surface area contributed by atoms with E-state index < -0.39 is 17.9 Å². The van der Waals surface area contributed by atoms with E-state index in [9.17, 15) is 9.59 Å². The Kier molecular flexibility index (Phi) is 3.99. The number of rotatable bonds is 4. The Labute approximate surface area is 120 Å². The Morgan fingerprint density at radius 2 is 2.15 bits per heavy atom. The summed E-state index contributed by atoms with van der Waals surface area (Å²) in [7, 11) is 0. The minimum atomic E-state index is -1.07. The number of carbonyl (C=O) groups is 2. The van der Waals surface area contributed by atoms with Crippen molar-refractivity contribution in [2.75, 3.05) is 0 Å². The van der Waals surface area contributed by atoms with Crippen LogP contribution in [0, 0.1) is 6.92 Å². The zero-order valence-electron chi connectivity index (χ0n) is 11.1. The number of aryl methyl sites for hydroxylation is 1. The molecule has 0 unspecified atom stereocenters. The van der Waals surface area contributed by atoms with Gasteiger partial charge in [-0.15, -0.1) is 0 Å². The summed E-state index contributed by atoms with van der Waals surface area (Å²) in [6, 6.07) is 4.12. The molecule has 20 heavy (non-hydrogen) atoms. The molecule has 1 aromatic heterocycles. The largest absolute Gasteiger partial charge is 0.480 e. The third kappa shape index (κ3) is 2.63. The van der Waals surface area contributed by atoms with Crippen LogP contribution in [0.3, 0.4) is 0 Å². The number of carbonyl (C=O) groups excluding carboxylic acids is 1. The molecule has 2 aromatic rings. The van der Waals surface area contributed by atoms with Crippen LogP contribution in [-0.4, -0.2) is 23.0 Å². The van der Waals surface area contributed by atoms with Gasteiger partial charge in [-0.1, -0.05) is 18.5 Å². The number of aliphatic carboxylic acids is 1. The molecule has 0 bridgehead atoms. The molecule has 2 rings (SSSR count). The van der Waals surface area contributed by atoms with Crippen molar-refractivity contribution in [2.45, 2.75) is 26.3 Å². The molecule has 1 atom stereocenters. The van der Waals surface area contributed by atoms with Crippen LogP contribution in [0.25, 0.3) is 11.0 Å². The molecule has 0 aliphatic carbocycles. The van der Waals surface area contributed by atoms with Crippen molar-refractivity contribution in [2.24, 2.45) is 0 Å². The van der Waals surface area contributed by atoms with E-state index >= 15 is 0 Å². The summed E-state index contributed by atoms with van der Waals surface area (Å²) in [6.07, 6.45) is 0.298. The van der Waals surface area contributed by atoms with Crippen LogP contribution in [0.2, 0.25) is 5.02 Å². The van der Waals surface area contributed by atoms with Crippen molar-refractivity contribution in [3.63, 3.8) is 0 Å². The van der Waals surface area contributed by atoms with E-state index in [0.717, 1.165) is 5.39 Å². The van der Waals surface area contributed by atoms with Gasteiger partial charge < -0.3 is 14.8 Å². The zero-order valence-corrected chi connectivity index (χ0v) is 11.8. The van der Waals surface area contributed by atoms with Gasteiger partial charge in [0.2, 0.25) is 0 Å². The fraction of sp³-hybridized carbons (Fsp3) is 0.286. The van der Waals surface area contributed by atoms with Gasteiger partial charge in [0.05, 0.1) is 0 Å². The molecule has 1 heterocycles. The lowest BCUT2D eigenvalue weighted by Crippen LogP contribution is -2.40. The van der Waals surface area contributed by atoms with E-state index in [4.69, 9.17) is 21.1 Å². The second-order valence-electron chi connectivity index (χ2n) is 4.47. The Morgan fingerprint density at radius 3 is 2.75 bits per heavy atom. The maximum absolute atomic E-state index is 12.1. The molecular weight excluding hydrogens is 282 g/mol. The second kappa shape index (κ2) is 5.54. The molecule has 0 aliphatic rings. The number of furan rings is 1. The Bertz CT molecular complexity index is 677. The summed E-state index contributed by atoms with van der Waals surface area (Å²) < 4.78 is 5.48. The van der Waals surface area contributed by atoms with Crippen LogP contribution in [0.1, 0.15) is 29.5 Å². The fourth-order valence-corrected chi connectivity index (χ4v) is 2.14. The first-order valence-corrected chi connectivity index (χ1v) is 6.54. The van der Waals surface area contributed by atoms with Crippen molar-refractivity contribution in [3.8, 4) is 0 Å². The Morgan fingerprint density at radius 1 is 1.45 bits per heavy atom. The first-order chi connectivity index (χ1) is 9.43. The summed E-state index contributed by atoms with van der Waals surface area (Å²) in [4.78, 5) is 23.0. The van der Waals surface area contributed by atoms with Crippen molar-refractivity contribution in [1.29, 1.82) is 0 Å². The summed E-state index contributed by atoms with van der Waals surface area (Å²) in [5.74, 6) is -1.50. The molecule has 6 heteroatoms. The first kappa shape index (κ1) is 14.4. The summed E-state index contributed by atoms with van der Waals surface area (Å²) in [5.41, 5.74) is 1.18. The monoisotopic (exact) mass is 295 g/mol. The summed E-state index contributed by atoms with van der Waals surface area (Å²) in [6.45, 7) is 3.42. The lowest BCUT2D eigenvalue weighted by molar-refractivity contribution is -0.139. The third-order valence-electron chi connectivity index (χ3n) is 3.12. The van der Waals surface area contributed by atoms with Gasteiger partial charge in [-0.05, 0) is 31.5 Å². The zero-order chi connectivity index (χ0) is 14.9. The first-order valence-electron chi connectivity index (χ1n) is 6.16. The van der Waals surface area contributed by atoms with Gasteiger partial charge >= 0.3 is 5.97 Å². The predicted octanol–water partition coefficient (Wildman–Crippen LogP) is 2.99. The average molecular weight is 296 g/mol. The second-order valence-corrected chi connectivity index (χ2v) is 4.91. The summed E-state index contributed by atoms with van der Waals surface area (Å²) >= 11 is 5.91. The highest BCUT2D eigenvalue weighted by molar-refractivity contribution is 6.31. The van der Waals surface area contributed by atoms with Gasteiger partial charge in [0, 0.05) is 16.0 Å². The number of carboxylic acids is 1. The number of benzene rings is 1. The molecule has 2 N–H and O–H groups in total. The van der Waals surface area contributed by atoms with Crippen LogP contribution in [0.4, 0.5) is 0 Å². The van der Waals surface area contributed by atoms with E-state index in [1.54, 1.807) is 32.0 Å². The van der Waals surface area contributed by atoms with E-state index in [1.807, 2.05) is 0 Å². The maximum Gasteiger partial charge on any atom is 0.326 e. The quantitative estimate of drug-likeness (QED) is 0.909. The standard InChI is InChI=1S/C14H14ClNO4/c1-3-10(14(18)19)16-13(17)12-7(2)9-6-8(15)4-5-11(9)20-12/h4-6,10H,3H2,1-2H3,(H,16,17)(H,18,19)/t10-/m0/s1. The number of amides is 1. The molecule has 0 aliphatic heterocycles. The SMILES string of the molecule is CC[C@H](NC(=O)c1oc2ccc(Cl)cc2c1C)C(=O)O. The molecule has 0 radical (unpaired) electrons. The normalized spacial score (nSPS) is 12.3. The van der Waals surface area contributed by atoms with Crippen LogP contribution < -0.4 is 5.32 Å².